The van der Waals surface area contributed by atoms with Gasteiger partial charge in [-0.15, -0.1) is 0 Å². The van der Waals surface area contributed by atoms with E-state index >= 15 is 0 Å². The van der Waals surface area contributed by atoms with Gasteiger partial charge < -0.3 is 20.5 Å². The maximum atomic E-state index is 11.7. The van der Waals surface area contributed by atoms with Crippen molar-refractivity contribution in [2.75, 3.05) is 25.2 Å². The number of ether oxygens (including phenoxy) is 1. The van der Waals surface area contributed by atoms with Crippen molar-refractivity contribution in [3.05, 3.63) is 0 Å². The van der Waals surface area contributed by atoms with Crippen LogP contribution in [-0.2, 0) is 19.4 Å². The van der Waals surface area contributed by atoms with Gasteiger partial charge in [0.05, 0.1) is 11.5 Å². The third-order valence-corrected chi connectivity index (χ3v) is 4.83. The van der Waals surface area contributed by atoms with Crippen LogP contribution in [0.1, 0.15) is 19.3 Å². The number of carbonyl (C=O) groups excluding carboxylic acids is 1. The Kier molecular flexibility index (Phi) is 6.21. The van der Waals surface area contributed by atoms with Crippen LogP contribution in [0.3, 0.4) is 0 Å². The molecule has 0 radical (unpaired) electrons. The van der Waals surface area contributed by atoms with Gasteiger partial charge in [-0.25, -0.2) is 18.0 Å². The fourth-order valence-electron chi connectivity index (χ4n) is 2.02. The molecule has 1 fully saturated rings. The molecule has 0 aliphatic carbocycles. The number of carboxylic acid groups (broad SMARTS) is 1. The largest absolute Gasteiger partial charge is 0.480 e. The lowest BCUT2D eigenvalue weighted by atomic mass is 10.2. The zero-order valence-electron chi connectivity index (χ0n) is 11.3. The molecule has 0 aromatic heterocycles. The molecule has 2 unspecified atom stereocenters. The number of carboxylic acids is 1. The van der Waals surface area contributed by atoms with E-state index in [2.05, 4.69) is 10.6 Å². The van der Waals surface area contributed by atoms with Crippen molar-refractivity contribution in [3.8, 4) is 0 Å². The molecule has 1 rings (SSSR count). The number of hydrogen-bond acceptors (Lipinski definition) is 5. The normalized spacial score (nSPS) is 22.8. The van der Waals surface area contributed by atoms with Crippen LogP contribution in [-0.4, -0.2) is 62.8 Å². The average Bonchev–Trinajstić information content (AvgIpc) is 2.32. The molecule has 0 aromatic rings. The van der Waals surface area contributed by atoms with Gasteiger partial charge in [0, 0.05) is 26.2 Å². The van der Waals surface area contributed by atoms with E-state index in [1.807, 2.05) is 0 Å². The van der Waals surface area contributed by atoms with Crippen molar-refractivity contribution >= 4 is 21.8 Å². The minimum absolute atomic E-state index is 0.101. The Bertz CT molecular complexity index is 450. The summed E-state index contributed by atoms with van der Waals surface area (Å²) in [5.74, 6) is -1.12. The smallest absolute Gasteiger partial charge is 0.326 e. The number of nitrogens with one attached hydrogen (secondary N) is 2. The van der Waals surface area contributed by atoms with Crippen LogP contribution in [0.5, 0.6) is 0 Å². The molecule has 0 aromatic carbocycles. The van der Waals surface area contributed by atoms with E-state index in [0.29, 0.717) is 12.8 Å². The number of amides is 2. The minimum atomic E-state index is -3.12. The Hall–Kier alpha value is -1.35. The van der Waals surface area contributed by atoms with E-state index in [1.54, 1.807) is 0 Å². The third-order valence-electron chi connectivity index (χ3n) is 3.01. The third kappa shape index (κ3) is 5.74. The van der Waals surface area contributed by atoms with E-state index in [1.165, 1.54) is 7.11 Å². The summed E-state index contributed by atoms with van der Waals surface area (Å²) in [5, 5.41) is 13.7. The van der Waals surface area contributed by atoms with Crippen molar-refractivity contribution in [3.63, 3.8) is 0 Å². The van der Waals surface area contributed by atoms with Crippen LogP contribution in [0.4, 0.5) is 4.79 Å². The van der Waals surface area contributed by atoms with Crippen LogP contribution in [0.25, 0.3) is 0 Å². The molecule has 1 aliphatic heterocycles. The first-order chi connectivity index (χ1) is 9.34. The Balaban J connectivity index is 2.47. The van der Waals surface area contributed by atoms with Crippen molar-refractivity contribution < 1.29 is 27.9 Å². The first-order valence-electron chi connectivity index (χ1n) is 6.33. The highest BCUT2D eigenvalue weighted by molar-refractivity contribution is 7.91. The summed E-state index contributed by atoms with van der Waals surface area (Å²) in [4.78, 5) is 22.6. The van der Waals surface area contributed by atoms with E-state index in [9.17, 15) is 18.0 Å². The molecule has 2 atom stereocenters. The molecule has 9 heteroatoms. The van der Waals surface area contributed by atoms with Gasteiger partial charge in [0.15, 0.2) is 9.84 Å². The summed E-state index contributed by atoms with van der Waals surface area (Å²) in [6.07, 6.45) is 1.21. The molecular weight excluding hydrogens is 288 g/mol. The lowest BCUT2D eigenvalue weighted by Gasteiger charge is -2.24. The second kappa shape index (κ2) is 7.44. The van der Waals surface area contributed by atoms with Crippen LogP contribution in [0, 0.1) is 0 Å². The first kappa shape index (κ1) is 16.7. The Morgan fingerprint density at radius 1 is 1.45 bits per heavy atom. The quantitative estimate of drug-likeness (QED) is 0.599. The predicted octanol–water partition coefficient (Wildman–Crippen LogP) is -0.647. The second-order valence-corrected chi connectivity index (χ2v) is 6.97. The van der Waals surface area contributed by atoms with E-state index in [0.717, 1.165) is 0 Å². The molecule has 3 N–H and O–H groups in total. The summed E-state index contributed by atoms with van der Waals surface area (Å²) in [6.45, 7) is 0.203. The number of aliphatic carboxylic acids is 1. The maximum absolute atomic E-state index is 11.7. The highest BCUT2D eigenvalue weighted by Gasteiger charge is 2.27. The lowest BCUT2D eigenvalue weighted by Crippen LogP contribution is -2.51. The summed E-state index contributed by atoms with van der Waals surface area (Å²) < 4.78 is 27.6. The van der Waals surface area contributed by atoms with Gasteiger partial charge in [0.1, 0.15) is 6.04 Å². The SMILES string of the molecule is COCCC(NC(=O)NC1CCCS(=O)(=O)C1)C(=O)O. The zero-order chi connectivity index (χ0) is 15.2. The molecule has 0 bridgehead atoms. The van der Waals surface area contributed by atoms with Crippen molar-refractivity contribution in [2.24, 2.45) is 0 Å². The summed E-state index contributed by atoms with van der Waals surface area (Å²) in [5.41, 5.74) is 0. The van der Waals surface area contributed by atoms with Gasteiger partial charge in [-0.3, -0.25) is 0 Å². The van der Waals surface area contributed by atoms with Gasteiger partial charge in [0.2, 0.25) is 0 Å². The topological polar surface area (TPSA) is 122 Å². The maximum Gasteiger partial charge on any atom is 0.326 e. The zero-order valence-corrected chi connectivity index (χ0v) is 12.1. The standard InChI is InChI=1S/C11H20N2O6S/c1-19-5-4-9(10(14)15)13-11(16)12-8-3-2-6-20(17,18)7-8/h8-9H,2-7H2,1H3,(H,14,15)(H2,12,13,16). The highest BCUT2D eigenvalue weighted by atomic mass is 32.2. The highest BCUT2D eigenvalue weighted by Crippen LogP contribution is 2.11. The molecule has 1 saturated heterocycles. The molecule has 1 heterocycles. The minimum Gasteiger partial charge on any atom is -0.480 e. The van der Waals surface area contributed by atoms with Crippen molar-refractivity contribution in [1.29, 1.82) is 0 Å². The molecule has 8 nitrogen and oxygen atoms in total. The molecule has 2 amide bonds. The van der Waals surface area contributed by atoms with Crippen LogP contribution in [0.15, 0.2) is 0 Å². The second-order valence-electron chi connectivity index (χ2n) is 4.74. The average molecular weight is 308 g/mol. The Morgan fingerprint density at radius 2 is 2.15 bits per heavy atom. The van der Waals surface area contributed by atoms with Crippen LogP contribution >= 0.6 is 0 Å². The predicted molar refractivity (Wildman–Crippen MR) is 71.3 cm³/mol. The molecule has 0 saturated carbocycles. The van der Waals surface area contributed by atoms with Crippen molar-refractivity contribution in [2.45, 2.75) is 31.3 Å². The lowest BCUT2D eigenvalue weighted by molar-refractivity contribution is -0.139. The molecule has 1 aliphatic rings. The van der Waals surface area contributed by atoms with Gasteiger partial charge in [-0.2, -0.15) is 0 Å². The fourth-order valence-corrected chi connectivity index (χ4v) is 3.65. The van der Waals surface area contributed by atoms with Crippen molar-refractivity contribution in [1.82, 2.24) is 10.6 Å². The summed E-state index contributed by atoms with van der Waals surface area (Å²) in [7, 11) is -1.68. The van der Waals surface area contributed by atoms with Gasteiger partial charge in [0.25, 0.3) is 0 Å². The molecule has 116 valence electrons. The van der Waals surface area contributed by atoms with E-state index < -0.39 is 33.9 Å². The Morgan fingerprint density at radius 3 is 2.70 bits per heavy atom. The number of carbonyl (C=O) groups is 2. The summed E-state index contributed by atoms with van der Waals surface area (Å²) in [6, 6.07) is -2.20. The van der Waals surface area contributed by atoms with E-state index in [4.69, 9.17) is 9.84 Å². The molecule has 20 heavy (non-hydrogen) atoms. The summed E-state index contributed by atoms with van der Waals surface area (Å²) >= 11 is 0. The number of methoxy groups -OCH3 is 1. The molecule has 0 spiro atoms. The number of sulfone groups is 1. The number of urea groups is 1. The van der Waals surface area contributed by atoms with Crippen LogP contribution in [0.2, 0.25) is 0 Å². The van der Waals surface area contributed by atoms with Gasteiger partial charge >= 0.3 is 12.0 Å². The number of rotatable bonds is 6. The number of hydrogen-bond donors (Lipinski definition) is 3. The van der Waals surface area contributed by atoms with E-state index in [-0.39, 0.29) is 24.5 Å². The van der Waals surface area contributed by atoms with Crippen LogP contribution < -0.4 is 10.6 Å². The first-order valence-corrected chi connectivity index (χ1v) is 8.15. The fraction of sp³-hybridized carbons (Fsp3) is 0.818. The van der Waals surface area contributed by atoms with Gasteiger partial charge in [-0.1, -0.05) is 0 Å². The Labute approximate surface area is 117 Å². The van der Waals surface area contributed by atoms with Gasteiger partial charge in [-0.05, 0) is 12.8 Å². The molecular formula is C11H20N2O6S. The monoisotopic (exact) mass is 308 g/mol.